The van der Waals surface area contributed by atoms with Gasteiger partial charge in [-0.15, -0.1) is 0 Å². The van der Waals surface area contributed by atoms with E-state index in [4.69, 9.17) is 4.74 Å². The van der Waals surface area contributed by atoms with Crippen LogP contribution in [-0.2, 0) is 4.74 Å². The van der Waals surface area contributed by atoms with E-state index in [1.165, 1.54) is 0 Å². The van der Waals surface area contributed by atoms with Gasteiger partial charge in [0.25, 0.3) is 0 Å². The number of aliphatic hydroxyl groups excluding tert-OH is 1. The quantitative estimate of drug-likeness (QED) is 0.825. The lowest BCUT2D eigenvalue weighted by atomic mass is 10.1. The van der Waals surface area contributed by atoms with Crippen LogP contribution < -0.4 is 4.90 Å². The van der Waals surface area contributed by atoms with Gasteiger partial charge < -0.3 is 14.7 Å². The normalized spacial score (nSPS) is 12.8. The zero-order valence-electron chi connectivity index (χ0n) is 11.2. The van der Waals surface area contributed by atoms with Crippen molar-refractivity contribution < 1.29 is 9.84 Å². The van der Waals surface area contributed by atoms with Crippen LogP contribution in [0.3, 0.4) is 0 Å². The van der Waals surface area contributed by atoms with Gasteiger partial charge in [-0.2, -0.15) is 0 Å². The van der Waals surface area contributed by atoms with Crippen LogP contribution in [0.25, 0.3) is 0 Å². The molecule has 96 valence electrons. The molecule has 0 heterocycles. The minimum atomic E-state index is -0.404. The molecule has 3 nitrogen and oxygen atoms in total. The fraction of sp³-hybridized carbons (Fsp3) is 0.571. The van der Waals surface area contributed by atoms with Crippen molar-refractivity contribution in [3.8, 4) is 0 Å². The molecule has 1 aromatic rings. The molecule has 0 saturated carbocycles. The van der Waals surface area contributed by atoms with E-state index in [0.29, 0.717) is 0 Å². The summed E-state index contributed by atoms with van der Waals surface area (Å²) in [5.74, 6) is 0. The number of ether oxygens (including phenoxy) is 1. The molecule has 0 saturated heterocycles. The molecule has 1 N–H and O–H groups in total. The first kappa shape index (κ1) is 14.0. The van der Waals surface area contributed by atoms with Gasteiger partial charge in [0.15, 0.2) is 0 Å². The molecule has 0 radical (unpaired) electrons. The van der Waals surface area contributed by atoms with E-state index in [9.17, 15) is 5.11 Å². The summed E-state index contributed by atoms with van der Waals surface area (Å²) in [4.78, 5) is 2.15. The van der Waals surface area contributed by atoms with Crippen LogP contribution in [0.4, 0.5) is 5.69 Å². The lowest BCUT2D eigenvalue weighted by molar-refractivity contribution is 0.0846. The Morgan fingerprint density at radius 1 is 1.18 bits per heavy atom. The Morgan fingerprint density at radius 2 is 1.76 bits per heavy atom. The number of nitrogens with zero attached hydrogens (tertiary/aromatic N) is 1. The summed E-state index contributed by atoms with van der Waals surface area (Å²) in [7, 11) is 2.04. The number of aliphatic hydroxyl groups is 1. The molecule has 17 heavy (non-hydrogen) atoms. The molecule has 1 unspecified atom stereocenters. The number of rotatable bonds is 6. The van der Waals surface area contributed by atoms with Crippen molar-refractivity contribution in [1.29, 1.82) is 0 Å². The molecule has 0 aliphatic rings. The van der Waals surface area contributed by atoms with Crippen LogP contribution in [-0.4, -0.2) is 31.4 Å². The monoisotopic (exact) mass is 237 g/mol. The Morgan fingerprint density at radius 3 is 2.24 bits per heavy atom. The van der Waals surface area contributed by atoms with Crippen LogP contribution in [0.5, 0.6) is 0 Å². The molecule has 1 rings (SSSR count). The number of benzene rings is 1. The summed E-state index contributed by atoms with van der Waals surface area (Å²) in [6.07, 6.45) is -0.125. The Kier molecular flexibility index (Phi) is 5.45. The van der Waals surface area contributed by atoms with Gasteiger partial charge in [0.2, 0.25) is 0 Å². The SMILES string of the molecule is CC(C)OCCN(C)c1ccc(C(C)O)cc1. The number of anilines is 1. The average molecular weight is 237 g/mol. The smallest absolute Gasteiger partial charge is 0.0761 e. The number of likely N-dealkylation sites (N-methyl/N-ethyl adjacent to an activating group) is 1. The molecule has 0 aromatic heterocycles. The van der Waals surface area contributed by atoms with Crippen molar-refractivity contribution in [2.75, 3.05) is 25.1 Å². The van der Waals surface area contributed by atoms with Crippen LogP contribution in [0.2, 0.25) is 0 Å². The molecule has 1 aromatic carbocycles. The molecule has 1 atom stereocenters. The highest BCUT2D eigenvalue weighted by Crippen LogP contribution is 2.17. The van der Waals surface area contributed by atoms with Crippen LogP contribution in [0.1, 0.15) is 32.4 Å². The van der Waals surface area contributed by atoms with Gasteiger partial charge in [-0.3, -0.25) is 0 Å². The van der Waals surface area contributed by atoms with E-state index in [0.717, 1.165) is 24.4 Å². The molecule has 0 spiro atoms. The Balaban J connectivity index is 2.48. The molecular formula is C14H23NO2. The fourth-order valence-electron chi connectivity index (χ4n) is 1.56. The first-order valence-electron chi connectivity index (χ1n) is 6.11. The third kappa shape index (κ3) is 4.75. The Bertz CT molecular complexity index is 319. The molecule has 0 amide bonds. The molecule has 0 fully saturated rings. The van der Waals surface area contributed by atoms with Crippen molar-refractivity contribution in [2.45, 2.75) is 33.0 Å². The third-order valence-electron chi connectivity index (χ3n) is 2.69. The second-order valence-electron chi connectivity index (χ2n) is 4.61. The zero-order chi connectivity index (χ0) is 12.8. The predicted octanol–water partition coefficient (Wildman–Crippen LogP) is 2.60. The summed E-state index contributed by atoms with van der Waals surface area (Å²) in [6.45, 7) is 7.45. The minimum absolute atomic E-state index is 0.279. The summed E-state index contributed by atoms with van der Waals surface area (Å²) < 4.78 is 5.51. The van der Waals surface area contributed by atoms with E-state index in [1.807, 2.05) is 45.2 Å². The van der Waals surface area contributed by atoms with Gasteiger partial charge in [-0.25, -0.2) is 0 Å². The molecule has 3 heteroatoms. The lowest BCUT2D eigenvalue weighted by Gasteiger charge is -2.20. The van der Waals surface area contributed by atoms with Crippen molar-refractivity contribution >= 4 is 5.69 Å². The van der Waals surface area contributed by atoms with Gasteiger partial charge in [0.1, 0.15) is 0 Å². The fourth-order valence-corrected chi connectivity index (χ4v) is 1.56. The molecule has 0 aliphatic heterocycles. The van der Waals surface area contributed by atoms with Gasteiger partial charge >= 0.3 is 0 Å². The van der Waals surface area contributed by atoms with E-state index >= 15 is 0 Å². The molecular weight excluding hydrogens is 214 g/mol. The molecule has 0 aliphatic carbocycles. The summed E-state index contributed by atoms with van der Waals surface area (Å²) in [5.41, 5.74) is 2.09. The maximum absolute atomic E-state index is 9.42. The highest BCUT2D eigenvalue weighted by molar-refractivity contribution is 5.47. The van der Waals surface area contributed by atoms with Gasteiger partial charge in [-0.1, -0.05) is 12.1 Å². The van der Waals surface area contributed by atoms with E-state index in [1.54, 1.807) is 6.92 Å². The van der Waals surface area contributed by atoms with Crippen molar-refractivity contribution in [2.24, 2.45) is 0 Å². The van der Waals surface area contributed by atoms with Crippen LogP contribution in [0, 0.1) is 0 Å². The number of hydrogen-bond acceptors (Lipinski definition) is 3. The van der Waals surface area contributed by atoms with Gasteiger partial charge in [-0.05, 0) is 38.5 Å². The lowest BCUT2D eigenvalue weighted by Crippen LogP contribution is -2.23. The van der Waals surface area contributed by atoms with Crippen LogP contribution >= 0.6 is 0 Å². The second-order valence-corrected chi connectivity index (χ2v) is 4.61. The van der Waals surface area contributed by atoms with Crippen molar-refractivity contribution in [3.63, 3.8) is 0 Å². The van der Waals surface area contributed by atoms with E-state index < -0.39 is 6.10 Å². The van der Waals surface area contributed by atoms with Crippen molar-refractivity contribution in [3.05, 3.63) is 29.8 Å². The summed E-state index contributed by atoms with van der Waals surface area (Å²) in [5, 5.41) is 9.42. The summed E-state index contributed by atoms with van der Waals surface area (Å²) >= 11 is 0. The molecule has 0 bridgehead atoms. The van der Waals surface area contributed by atoms with E-state index in [-0.39, 0.29) is 6.10 Å². The Labute approximate surface area is 104 Å². The first-order chi connectivity index (χ1) is 8.00. The third-order valence-corrected chi connectivity index (χ3v) is 2.69. The highest BCUT2D eigenvalue weighted by Gasteiger charge is 2.04. The minimum Gasteiger partial charge on any atom is -0.389 e. The largest absolute Gasteiger partial charge is 0.389 e. The second kappa shape index (κ2) is 6.62. The Hall–Kier alpha value is -1.06. The topological polar surface area (TPSA) is 32.7 Å². The highest BCUT2D eigenvalue weighted by atomic mass is 16.5. The zero-order valence-corrected chi connectivity index (χ0v) is 11.2. The standard InChI is InChI=1S/C14H23NO2/c1-11(2)17-10-9-15(4)14-7-5-13(6-8-14)12(3)16/h5-8,11-12,16H,9-10H2,1-4H3. The van der Waals surface area contributed by atoms with E-state index in [2.05, 4.69) is 4.90 Å². The van der Waals surface area contributed by atoms with Crippen LogP contribution in [0.15, 0.2) is 24.3 Å². The first-order valence-corrected chi connectivity index (χ1v) is 6.11. The predicted molar refractivity (Wildman–Crippen MR) is 71.4 cm³/mol. The van der Waals surface area contributed by atoms with Gasteiger partial charge in [0, 0.05) is 19.3 Å². The van der Waals surface area contributed by atoms with Gasteiger partial charge in [0.05, 0.1) is 18.8 Å². The maximum Gasteiger partial charge on any atom is 0.0761 e. The number of hydrogen-bond donors (Lipinski definition) is 1. The van der Waals surface area contributed by atoms with Crippen molar-refractivity contribution in [1.82, 2.24) is 0 Å². The summed E-state index contributed by atoms with van der Waals surface area (Å²) in [6, 6.07) is 7.97. The maximum atomic E-state index is 9.42. The average Bonchev–Trinajstić information content (AvgIpc) is 2.28.